The summed E-state index contributed by atoms with van der Waals surface area (Å²) in [7, 11) is 0. The molecule has 134 valence electrons. The number of benzene rings is 1. The van der Waals surface area contributed by atoms with E-state index in [1.807, 2.05) is 0 Å². The second-order valence-corrected chi connectivity index (χ2v) is 5.76. The third-order valence-corrected chi connectivity index (χ3v) is 4.20. The molecule has 25 heavy (non-hydrogen) atoms. The normalized spacial score (nSPS) is 25.1. The molecule has 0 aliphatic carbocycles. The largest absolute Gasteiger partial charge is 0.504 e. The first-order chi connectivity index (χ1) is 11.4. The van der Waals surface area contributed by atoms with Crippen LogP contribution in [0.25, 0.3) is 0 Å². The number of amides is 3. The number of hydrogen-bond donors (Lipinski definition) is 7. The lowest BCUT2D eigenvalue weighted by molar-refractivity contribution is -0.232. The Hall–Kier alpha value is -2.96. The molecule has 0 saturated carbocycles. The lowest BCUT2D eigenvalue weighted by atomic mass is 9.94. The smallest absolute Gasteiger partial charge is 0.286 e. The van der Waals surface area contributed by atoms with E-state index in [2.05, 4.69) is 0 Å². The van der Waals surface area contributed by atoms with Crippen LogP contribution in [-0.4, -0.2) is 59.7 Å². The van der Waals surface area contributed by atoms with E-state index in [0.717, 1.165) is 0 Å². The summed E-state index contributed by atoms with van der Waals surface area (Å²) < 4.78 is 13.7. The van der Waals surface area contributed by atoms with Crippen LogP contribution in [0.2, 0.25) is 0 Å². The van der Waals surface area contributed by atoms with E-state index in [1.165, 1.54) is 5.32 Å². The molecule has 3 rings (SSSR count). The molecule has 0 radical (unpaired) electrons. The minimum Gasteiger partial charge on any atom is -0.504 e. The molecular formula is C13H12FN3O8. The Morgan fingerprint density at radius 2 is 1.68 bits per heavy atom. The molecular weight excluding hydrogens is 345 g/mol. The van der Waals surface area contributed by atoms with E-state index in [-0.39, 0.29) is 5.56 Å². The van der Waals surface area contributed by atoms with Crippen LogP contribution in [0.4, 0.5) is 10.1 Å². The number of phenolic OH excluding ortho intramolecular Hbond substituents is 2. The number of nitrogens with zero attached hydrogens (tertiary/aromatic N) is 1. The molecule has 1 fully saturated rings. The van der Waals surface area contributed by atoms with Gasteiger partial charge in [0.2, 0.25) is 11.5 Å². The summed E-state index contributed by atoms with van der Waals surface area (Å²) in [5.41, 5.74) is 1.01. The van der Waals surface area contributed by atoms with Gasteiger partial charge in [0.25, 0.3) is 23.5 Å². The lowest BCUT2D eigenvalue weighted by Crippen LogP contribution is -2.70. The van der Waals surface area contributed by atoms with Crippen LogP contribution < -0.4 is 11.1 Å². The number of carbonyl (C=O) groups excluding carboxylic acids is 3. The van der Waals surface area contributed by atoms with Gasteiger partial charge in [0, 0.05) is 5.56 Å². The number of piperidine rings is 1. The minimum atomic E-state index is -3.17. The fourth-order valence-electron chi connectivity index (χ4n) is 2.84. The van der Waals surface area contributed by atoms with Gasteiger partial charge in [-0.1, -0.05) is 0 Å². The molecule has 0 aromatic heterocycles. The highest BCUT2D eigenvalue weighted by molar-refractivity contribution is 6.10. The van der Waals surface area contributed by atoms with Crippen molar-refractivity contribution in [2.45, 2.75) is 24.5 Å². The number of nitrogens with two attached hydrogens (primary N) is 1. The van der Waals surface area contributed by atoms with Gasteiger partial charge in [-0.15, -0.1) is 0 Å². The van der Waals surface area contributed by atoms with E-state index < -0.39 is 70.8 Å². The molecule has 3 amide bonds. The number of hydrogen-bond acceptors (Lipinski definition) is 9. The van der Waals surface area contributed by atoms with Gasteiger partial charge in [0.15, 0.2) is 11.5 Å². The van der Waals surface area contributed by atoms with Gasteiger partial charge in [-0.2, -0.15) is 4.39 Å². The van der Waals surface area contributed by atoms with Crippen molar-refractivity contribution in [3.05, 3.63) is 16.9 Å². The SMILES string of the molecule is Nc1c(O)c(F)c(O)c2c1CN(C1(O)CC(O)(O)C(=O)NC1=O)C2=O. The molecule has 1 saturated heterocycles. The van der Waals surface area contributed by atoms with Crippen LogP contribution in [0.1, 0.15) is 22.3 Å². The average Bonchev–Trinajstić information content (AvgIpc) is 2.87. The van der Waals surface area contributed by atoms with Crippen molar-refractivity contribution in [3.63, 3.8) is 0 Å². The molecule has 11 nitrogen and oxygen atoms in total. The van der Waals surface area contributed by atoms with Crippen LogP contribution >= 0.6 is 0 Å². The van der Waals surface area contributed by atoms with Gasteiger partial charge < -0.3 is 31.3 Å². The van der Waals surface area contributed by atoms with Crippen LogP contribution in [0.5, 0.6) is 11.5 Å². The Morgan fingerprint density at radius 3 is 2.28 bits per heavy atom. The summed E-state index contributed by atoms with van der Waals surface area (Å²) >= 11 is 0. The summed E-state index contributed by atoms with van der Waals surface area (Å²) in [5.74, 6) is -11.3. The quantitative estimate of drug-likeness (QED) is 0.0913. The van der Waals surface area contributed by atoms with Crippen LogP contribution in [0.15, 0.2) is 0 Å². The van der Waals surface area contributed by atoms with Crippen molar-refractivity contribution in [1.82, 2.24) is 10.2 Å². The Bertz CT molecular complexity index is 854. The Labute approximate surface area is 137 Å². The number of halogens is 1. The Morgan fingerprint density at radius 1 is 1.08 bits per heavy atom. The number of fused-ring (bicyclic) bond motifs is 1. The monoisotopic (exact) mass is 357 g/mol. The summed E-state index contributed by atoms with van der Waals surface area (Å²) in [6, 6.07) is 0. The molecule has 12 heteroatoms. The second-order valence-electron chi connectivity index (χ2n) is 5.76. The molecule has 1 aromatic carbocycles. The highest BCUT2D eigenvalue weighted by Crippen LogP contribution is 2.45. The molecule has 0 spiro atoms. The van der Waals surface area contributed by atoms with Gasteiger partial charge in [0.05, 0.1) is 24.2 Å². The van der Waals surface area contributed by atoms with Crippen molar-refractivity contribution in [2.24, 2.45) is 0 Å². The summed E-state index contributed by atoms with van der Waals surface area (Å²) in [6.07, 6.45) is -1.29. The lowest BCUT2D eigenvalue weighted by Gasteiger charge is -2.41. The number of rotatable bonds is 1. The summed E-state index contributed by atoms with van der Waals surface area (Å²) in [6.45, 7) is -0.671. The number of carbonyl (C=O) groups is 3. The molecule has 2 heterocycles. The predicted molar refractivity (Wildman–Crippen MR) is 73.9 cm³/mol. The molecule has 8 N–H and O–H groups in total. The number of nitrogen functional groups attached to an aromatic ring is 1. The first-order valence-electron chi connectivity index (χ1n) is 6.78. The van der Waals surface area contributed by atoms with E-state index >= 15 is 0 Å². The highest BCUT2D eigenvalue weighted by Gasteiger charge is 2.59. The van der Waals surface area contributed by atoms with Crippen LogP contribution in [0, 0.1) is 5.82 Å². The molecule has 2 aliphatic rings. The third-order valence-electron chi connectivity index (χ3n) is 4.20. The van der Waals surface area contributed by atoms with Crippen molar-refractivity contribution >= 4 is 23.4 Å². The number of anilines is 1. The third kappa shape index (κ3) is 2.05. The fourth-order valence-corrected chi connectivity index (χ4v) is 2.84. The van der Waals surface area contributed by atoms with Gasteiger partial charge in [-0.25, -0.2) is 0 Å². The topological polar surface area (TPSA) is 194 Å². The standard InChI is InChI=1S/C13H12FN3O8/c14-5-7(18)4-3(6(15)8(5)19)1-17(9(4)20)12(23)2-13(24,25)11(22)16-10(12)21/h18-19,23-25H,1-2,15H2,(H,16,21,22). The second kappa shape index (κ2) is 4.78. The summed E-state index contributed by atoms with van der Waals surface area (Å²) in [4.78, 5) is 36.1. The fraction of sp³-hybridized carbons (Fsp3) is 0.308. The maximum atomic E-state index is 13.7. The number of nitrogens with one attached hydrogen (secondary N) is 1. The maximum Gasteiger partial charge on any atom is 0.286 e. The first-order valence-corrected chi connectivity index (χ1v) is 6.78. The number of imide groups is 1. The Kier molecular flexibility index (Phi) is 3.23. The minimum absolute atomic E-state index is 0.277. The zero-order chi connectivity index (χ0) is 18.9. The highest BCUT2D eigenvalue weighted by atomic mass is 19.1. The zero-order valence-corrected chi connectivity index (χ0v) is 12.3. The number of aliphatic hydroxyl groups is 3. The molecule has 1 aromatic rings. The van der Waals surface area contributed by atoms with E-state index in [0.29, 0.717) is 4.90 Å². The van der Waals surface area contributed by atoms with Gasteiger partial charge >= 0.3 is 0 Å². The molecule has 1 unspecified atom stereocenters. The van der Waals surface area contributed by atoms with Crippen molar-refractivity contribution in [3.8, 4) is 11.5 Å². The predicted octanol–water partition coefficient (Wildman–Crippen LogP) is -2.81. The zero-order valence-electron chi connectivity index (χ0n) is 12.3. The van der Waals surface area contributed by atoms with E-state index in [1.54, 1.807) is 0 Å². The first kappa shape index (κ1) is 16.9. The summed E-state index contributed by atoms with van der Waals surface area (Å²) in [5, 5.41) is 50.4. The maximum absolute atomic E-state index is 13.7. The van der Waals surface area contributed by atoms with Crippen molar-refractivity contribution in [1.29, 1.82) is 0 Å². The Balaban J connectivity index is 2.11. The van der Waals surface area contributed by atoms with Crippen molar-refractivity contribution in [2.75, 3.05) is 5.73 Å². The van der Waals surface area contributed by atoms with Gasteiger partial charge in [-0.05, 0) is 0 Å². The average molecular weight is 357 g/mol. The van der Waals surface area contributed by atoms with Crippen LogP contribution in [-0.2, 0) is 16.1 Å². The van der Waals surface area contributed by atoms with E-state index in [9.17, 15) is 44.3 Å². The number of phenols is 2. The van der Waals surface area contributed by atoms with Crippen molar-refractivity contribution < 1.29 is 44.3 Å². The molecule has 1 atom stereocenters. The van der Waals surface area contributed by atoms with E-state index in [4.69, 9.17) is 5.73 Å². The van der Waals surface area contributed by atoms with Gasteiger partial charge in [-0.3, -0.25) is 24.6 Å². The molecule has 2 aliphatic heterocycles. The number of aromatic hydroxyl groups is 2. The van der Waals surface area contributed by atoms with Gasteiger partial charge in [0.1, 0.15) is 0 Å². The van der Waals surface area contributed by atoms with Crippen LogP contribution in [0.3, 0.4) is 0 Å². The molecule has 0 bridgehead atoms.